The fourth-order valence-electron chi connectivity index (χ4n) is 1.49. The van der Waals surface area contributed by atoms with Crippen molar-refractivity contribution in [3.8, 4) is 17.0 Å². The van der Waals surface area contributed by atoms with Gasteiger partial charge >= 0.3 is 0 Å². The first kappa shape index (κ1) is 9.52. The largest absolute Gasteiger partial charge is 0.618 e. The third-order valence-electron chi connectivity index (χ3n) is 2.21. The SMILES string of the molecule is COc1ccccc1-c1cccc[n+]1[O-]. The van der Waals surface area contributed by atoms with Crippen LogP contribution in [0.4, 0.5) is 0 Å². The Bertz CT molecular complexity index is 469. The Morgan fingerprint density at radius 3 is 2.53 bits per heavy atom. The zero-order valence-electron chi connectivity index (χ0n) is 8.38. The monoisotopic (exact) mass is 201 g/mol. The normalized spacial score (nSPS) is 9.93. The van der Waals surface area contributed by atoms with E-state index in [2.05, 4.69) is 0 Å². The number of ether oxygens (including phenoxy) is 1. The van der Waals surface area contributed by atoms with Gasteiger partial charge < -0.3 is 9.94 Å². The first-order valence-electron chi connectivity index (χ1n) is 4.64. The summed E-state index contributed by atoms with van der Waals surface area (Å²) < 4.78 is 6.03. The van der Waals surface area contributed by atoms with E-state index in [9.17, 15) is 5.21 Å². The molecule has 0 atom stereocenters. The molecule has 0 amide bonds. The summed E-state index contributed by atoms with van der Waals surface area (Å²) in [6.45, 7) is 0. The number of pyridine rings is 1. The molecule has 0 spiro atoms. The first-order valence-corrected chi connectivity index (χ1v) is 4.64. The van der Waals surface area contributed by atoms with Crippen molar-refractivity contribution in [2.75, 3.05) is 7.11 Å². The maximum atomic E-state index is 11.5. The van der Waals surface area contributed by atoms with Crippen LogP contribution in [0.25, 0.3) is 11.3 Å². The second kappa shape index (κ2) is 4.00. The standard InChI is InChI=1S/C12H11NO2/c1-15-12-8-3-2-6-10(12)11-7-4-5-9-13(11)14/h2-9H,1H3. The predicted octanol–water partition coefficient (Wildman–Crippen LogP) is 2.00. The quantitative estimate of drug-likeness (QED) is 0.550. The van der Waals surface area contributed by atoms with Crippen LogP contribution >= 0.6 is 0 Å². The van der Waals surface area contributed by atoms with Crippen LogP contribution in [0.1, 0.15) is 0 Å². The third kappa shape index (κ3) is 1.76. The number of nitrogens with zero attached hydrogens (tertiary/aromatic N) is 1. The average molecular weight is 201 g/mol. The molecule has 3 nitrogen and oxygen atoms in total. The van der Waals surface area contributed by atoms with Crippen LogP contribution in [0.3, 0.4) is 0 Å². The molecule has 0 radical (unpaired) electrons. The lowest BCUT2D eigenvalue weighted by Gasteiger charge is -2.07. The zero-order chi connectivity index (χ0) is 10.7. The number of methoxy groups -OCH3 is 1. The molecular formula is C12H11NO2. The molecule has 1 heterocycles. The van der Waals surface area contributed by atoms with Crippen LogP contribution in [0.15, 0.2) is 48.7 Å². The van der Waals surface area contributed by atoms with Gasteiger partial charge in [0, 0.05) is 12.1 Å². The van der Waals surface area contributed by atoms with E-state index in [-0.39, 0.29) is 0 Å². The highest BCUT2D eigenvalue weighted by atomic mass is 16.5. The van der Waals surface area contributed by atoms with Gasteiger partial charge in [-0.2, -0.15) is 4.73 Å². The lowest BCUT2D eigenvalue weighted by atomic mass is 10.1. The van der Waals surface area contributed by atoms with Crippen LogP contribution in [0.2, 0.25) is 0 Å². The van der Waals surface area contributed by atoms with Gasteiger partial charge in [0.25, 0.3) is 0 Å². The fraction of sp³-hybridized carbons (Fsp3) is 0.0833. The van der Waals surface area contributed by atoms with E-state index in [0.29, 0.717) is 11.4 Å². The second-order valence-electron chi connectivity index (χ2n) is 3.11. The van der Waals surface area contributed by atoms with E-state index in [1.54, 1.807) is 19.2 Å². The molecule has 0 unspecified atom stereocenters. The Balaban J connectivity index is 2.59. The summed E-state index contributed by atoms with van der Waals surface area (Å²) in [6, 6.07) is 12.8. The van der Waals surface area contributed by atoms with Crippen molar-refractivity contribution in [3.05, 3.63) is 53.9 Å². The Hall–Kier alpha value is -2.03. The fourth-order valence-corrected chi connectivity index (χ4v) is 1.49. The molecule has 0 aliphatic rings. The lowest BCUT2D eigenvalue weighted by molar-refractivity contribution is -0.593. The summed E-state index contributed by atoms with van der Waals surface area (Å²) in [6.07, 6.45) is 1.47. The molecule has 76 valence electrons. The van der Waals surface area contributed by atoms with Crippen LogP contribution in [-0.4, -0.2) is 7.11 Å². The van der Waals surface area contributed by atoms with Crippen LogP contribution in [0, 0.1) is 5.21 Å². The Kier molecular flexibility index (Phi) is 2.54. The average Bonchev–Trinajstić information content (AvgIpc) is 2.30. The van der Waals surface area contributed by atoms with E-state index < -0.39 is 0 Å². The molecular weight excluding hydrogens is 190 g/mol. The van der Waals surface area contributed by atoms with Crippen molar-refractivity contribution in [2.45, 2.75) is 0 Å². The molecule has 0 aliphatic carbocycles. The van der Waals surface area contributed by atoms with Crippen LogP contribution < -0.4 is 9.47 Å². The molecule has 0 N–H and O–H groups in total. The predicted molar refractivity (Wildman–Crippen MR) is 57.4 cm³/mol. The van der Waals surface area contributed by atoms with Gasteiger partial charge in [-0.25, -0.2) is 0 Å². The van der Waals surface area contributed by atoms with Crippen molar-refractivity contribution >= 4 is 0 Å². The summed E-state index contributed by atoms with van der Waals surface area (Å²) >= 11 is 0. The maximum absolute atomic E-state index is 11.5. The van der Waals surface area contributed by atoms with Gasteiger partial charge in [0.2, 0.25) is 5.69 Å². The number of rotatable bonds is 2. The second-order valence-corrected chi connectivity index (χ2v) is 3.11. The summed E-state index contributed by atoms with van der Waals surface area (Å²) in [5, 5.41) is 11.5. The Morgan fingerprint density at radius 1 is 1.07 bits per heavy atom. The number of para-hydroxylation sites is 1. The first-order chi connectivity index (χ1) is 7.33. The number of hydrogen-bond acceptors (Lipinski definition) is 2. The van der Waals surface area contributed by atoms with Gasteiger partial charge in [-0.15, -0.1) is 0 Å². The van der Waals surface area contributed by atoms with Gasteiger partial charge in [-0.05, 0) is 18.2 Å². The zero-order valence-corrected chi connectivity index (χ0v) is 8.38. The van der Waals surface area contributed by atoms with Gasteiger partial charge in [0.15, 0.2) is 6.20 Å². The van der Waals surface area contributed by atoms with Crippen molar-refractivity contribution < 1.29 is 9.47 Å². The van der Waals surface area contributed by atoms with Crippen LogP contribution in [0.5, 0.6) is 5.75 Å². The summed E-state index contributed by atoms with van der Waals surface area (Å²) in [7, 11) is 1.59. The number of benzene rings is 1. The van der Waals surface area contributed by atoms with E-state index in [1.807, 2.05) is 30.3 Å². The molecule has 1 aromatic carbocycles. The molecule has 0 aliphatic heterocycles. The molecule has 0 fully saturated rings. The topological polar surface area (TPSA) is 36.2 Å². The maximum Gasteiger partial charge on any atom is 0.227 e. The summed E-state index contributed by atoms with van der Waals surface area (Å²) in [5.41, 5.74) is 1.39. The van der Waals surface area contributed by atoms with Gasteiger partial charge in [-0.3, -0.25) is 0 Å². The van der Waals surface area contributed by atoms with E-state index in [1.165, 1.54) is 6.20 Å². The molecule has 0 bridgehead atoms. The van der Waals surface area contributed by atoms with Gasteiger partial charge in [-0.1, -0.05) is 12.1 Å². The minimum Gasteiger partial charge on any atom is -0.618 e. The van der Waals surface area contributed by atoms with Crippen molar-refractivity contribution in [1.82, 2.24) is 0 Å². The van der Waals surface area contributed by atoms with Crippen molar-refractivity contribution in [2.24, 2.45) is 0 Å². The third-order valence-corrected chi connectivity index (χ3v) is 2.21. The molecule has 15 heavy (non-hydrogen) atoms. The van der Waals surface area contributed by atoms with Crippen LogP contribution in [-0.2, 0) is 0 Å². The molecule has 2 aromatic rings. The molecule has 1 aromatic heterocycles. The van der Waals surface area contributed by atoms with E-state index in [0.717, 1.165) is 10.3 Å². The van der Waals surface area contributed by atoms with Crippen molar-refractivity contribution in [1.29, 1.82) is 0 Å². The highest BCUT2D eigenvalue weighted by Crippen LogP contribution is 2.26. The Morgan fingerprint density at radius 2 is 1.80 bits per heavy atom. The minimum atomic E-state index is 0.593. The summed E-state index contributed by atoms with van der Waals surface area (Å²) in [5.74, 6) is 0.702. The van der Waals surface area contributed by atoms with E-state index in [4.69, 9.17) is 4.74 Å². The van der Waals surface area contributed by atoms with Gasteiger partial charge in [0.05, 0.1) is 12.7 Å². The van der Waals surface area contributed by atoms with E-state index >= 15 is 0 Å². The molecule has 3 heteroatoms. The molecule has 0 saturated heterocycles. The lowest BCUT2D eigenvalue weighted by Crippen LogP contribution is -2.27. The Labute approximate surface area is 88.1 Å². The molecule has 2 rings (SSSR count). The summed E-state index contributed by atoms with van der Waals surface area (Å²) in [4.78, 5) is 0. The molecule has 0 saturated carbocycles. The van der Waals surface area contributed by atoms with Crippen molar-refractivity contribution in [3.63, 3.8) is 0 Å². The van der Waals surface area contributed by atoms with Gasteiger partial charge in [0.1, 0.15) is 5.75 Å². The minimum absolute atomic E-state index is 0.593. The number of aromatic nitrogens is 1. The number of hydrogen-bond donors (Lipinski definition) is 0. The smallest absolute Gasteiger partial charge is 0.227 e. The highest BCUT2D eigenvalue weighted by Gasteiger charge is 2.11. The highest BCUT2D eigenvalue weighted by molar-refractivity contribution is 5.64.